The zero-order valence-electron chi connectivity index (χ0n) is 15.5. The second-order valence-corrected chi connectivity index (χ2v) is 5.95. The molecule has 2 aromatic rings. The molecule has 5 nitrogen and oxygen atoms in total. The Hall–Kier alpha value is -2.69. The summed E-state index contributed by atoms with van der Waals surface area (Å²) in [6, 6.07) is 14.6. The van der Waals surface area contributed by atoms with Gasteiger partial charge in [-0.1, -0.05) is 38.3 Å². The average molecular weight is 357 g/mol. The molecular formula is C21H27NO4. The zero-order chi connectivity index (χ0) is 18.6. The maximum atomic E-state index is 12.0. The van der Waals surface area contributed by atoms with E-state index in [0.717, 1.165) is 12.2 Å². The molecule has 0 heterocycles. The lowest BCUT2D eigenvalue weighted by atomic mass is 10.2. The highest BCUT2D eigenvalue weighted by Gasteiger charge is 2.05. The number of benzene rings is 2. The molecule has 0 spiro atoms. The lowest BCUT2D eigenvalue weighted by Gasteiger charge is -2.10. The number of ether oxygens (including phenoxy) is 3. The van der Waals surface area contributed by atoms with E-state index < -0.39 is 0 Å². The standard InChI is InChI=1S/C21H27NO4/c1-3-4-5-6-13-25-19-11-8-12-20(15-19)26-16-21(23)22-17-9-7-10-18(14-17)24-2/h7-12,14-15H,3-6,13,16H2,1-2H3,(H,22,23). The summed E-state index contributed by atoms with van der Waals surface area (Å²) in [6.45, 7) is 2.81. The minimum Gasteiger partial charge on any atom is -0.497 e. The SMILES string of the molecule is CCCCCCOc1cccc(OCC(=O)Nc2cccc(OC)c2)c1. The van der Waals surface area contributed by atoms with E-state index in [2.05, 4.69) is 12.2 Å². The van der Waals surface area contributed by atoms with Crippen molar-refractivity contribution in [3.05, 3.63) is 48.5 Å². The lowest BCUT2D eigenvalue weighted by Crippen LogP contribution is -2.20. The van der Waals surface area contributed by atoms with Crippen molar-refractivity contribution in [3.63, 3.8) is 0 Å². The van der Waals surface area contributed by atoms with E-state index in [9.17, 15) is 4.79 Å². The van der Waals surface area contributed by atoms with Crippen molar-refractivity contribution in [1.29, 1.82) is 0 Å². The monoisotopic (exact) mass is 357 g/mol. The zero-order valence-corrected chi connectivity index (χ0v) is 15.5. The van der Waals surface area contributed by atoms with Gasteiger partial charge in [0.25, 0.3) is 5.91 Å². The summed E-state index contributed by atoms with van der Waals surface area (Å²) < 4.78 is 16.4. The summed E-state index contributed by atoms with van der Waals surface area (Å²) in [7, 11) is 1.59. The second-order valence-electron chi connectivity index (χ2n) is 5.95. The van der Waals surface area contributed by atoms with E-state index in [4.69, 9.17) is 14.2 Å². The number of amides is 1. The van der Waals surface area contributed by atoms with Crippen LogP contribution in [-0.4, -0.2) is 26.2 Å². The van der Waals surface area contributed by atoms with E-state index in [1.807, 2.05) is 30.3 Å². The highest BCUT2D eigenvalue weighted by atomic mass is 16.5. The van der Waals surface area contributed by atoms with Gasteiger partial charge in [0, 0.05) is 17.8 Å². The predicted octanol–water partition coefficient (Wildman–Crippen LogP) is 4.67. The molecule has 0 radical (unpaired) electrons. The van der Waals surface area contributed by atoms with Crippen LogP contribution in [0.15, 0.2) is 48.5 Å². The number of hydrogen-bond acceptors (Lipinski definition) is 4. The molecule has 2 rings (SSSR count). The Morgan fingerprint density at radius 2 is 1.65 bits per heavy atom. The van der Waals surface area contributed by atoms with Gasteiger partial charge >= 0.3 is 0 Å². The van der Waals surface area contributed by atoms with E-state index >= 15 is 0 Å². The largest absolute Gasteiger partial charge is 0.497 e. The Morgan fingerprint density at radius 1 is 0.923 bits per heavy atom. The van der Waals surface area contributed by atoms with Gasteiger partial charge in [-0.3, -0.25) is 4.79 Å². The van der Waals surface area contributed by atoms with Gasteiger partial charge in [-0.25, -0.2) is 0 Å². The van der Waals surface area contributed by atoms with Gasteiger partial charge in [-0.05, 0) is 30.7 Å². The smallest absolute Gasteiger partial charge is 0.262 e. The number of hydrogen-bond donors (Lipinski definition) is 1. The summed E-state index contributed by atoms with van der Waals surface area (Å²) >= 11 is 0. The molecule has 0 unspecified atom stereocenters. The molecule has 2 aromatic carbocycles. The first kappa shape index (κ1) is 19.6. The number of rotatable bonds is 11. The Balaban J connectivity index is 1.77. The normalized spacial score (nSPS) is 10.2. The van der Waals surface area contributed by atoms with Crippen LogP contribution >= 0.6 is 0 Å². The van der Waals surface area contributed by atoms with E-state index in [1.165, 1.54) is 19.3 Å². The molecule has 0 fully saturated rings. The quantitative estimate of drug-likeness (QED) is 0.594. The topological polar surface area (TPSA) is 56.8 Å². The molecule has 0 aliphatic rings. The maximum Gasteiger partial charge on any atom is 0.262 e. The van der Waals surface area contributed by atoms with Crippen LogP contribution in [0, 0.1) is 0 Å². The molecule has 0 saturated carbocycles. The molecule has 0 aliphatic heterocycles. The number of methoxy groups -OCH3 is 1. The van der Waals surface area contributed by atoms with Crippen molar-refractivity contribution in [3.8, 4) is 17.2 Å². The van der Waals surface area contributed by atoms with Crippen LogP contribution in [0.5, 0.6) is 17.2 Å². The third-order valence-electron chi connectivity index (χ3n) is 3.80. The van der Waals surface area contributed by atoms with Gasteiger partial charge in [0.1, 0.15) is 17.2 Å². The number of nitrogens with one attached hydrogen (secondary N) is 1. The first-order valence-electron chi connectivity index (χ1n) is 9.01. The average Bonchev–Trinajstić information content (AvgIpc) is 2.67. The van der Waals surface area contributed by atoms with Gasteiger partial charge in [0.15, 0.2) is 6.61 Å². The molecule has 1 N–H and O–H groups in total. The van der Waals surface area contributed by atoms with Crippen molar-refractivity contribution < 1.29 is 19.0 Å². The molecule has 1 amide bonds. The number of carbonyl (C=O) groups excluding carboxylic acids is 1. The Labute approximate surface area is 155 Å². The molecule has 26 heavy (non-hydrogen) atoms. The van der Waals surface area contributed by atoms with Crippen LogP contribution in [-0.2, 0) is 4.79 Å². The molecular weight excluding hydrogens is 330 g/mol. The van der Waals surface area contributed by atoms with Crippen molar-refractivity contribution in [2.75, 3.05) is 25.6 Å². The minimum absolute atomic E-state index is 0.0723. The first-order chi connectivity index (χ1) is 12.7. The highest BCUT2D eigenvalue weighted by Crippen LogP contribution is 2.20. The number of carbonyl (C=O) groups is 1. The Kier molecular flexibility index (Phi) is 8.33. The minimum atomic E-state index is -0.232. The van der Waals surface area contributed by atoms with Crippen molar-refractivity contribution in [2.45, 2.75) is 32.6 Å². The maximum absolute atomic E-state index is 12.0. The summed E-state index contributed by atoms with van der Waals surface area (Å²) in [5.41, 5.74) is 0.669. The molecule has 0 saturated heterocycles. The van der Waals surface area contributed by atoms with Crippen molar-refractivity contribution in [1.82, 2.24) is 0 Å². The third-order valence-corrected chi connectivity index (χ3v) is 3.80. The van der Waals surface area contributed by atoms with E-state index in [-0.39, 0.29) is 12.5 Å². The van der Waals surface area contributed by atoms with Crippen LogP contribution in [0.2, 0.25) is 0 Å². The fourth-order valence-electron chi connectivity index (χ4n) is 2.42. The van der Waals surface area contributed by atoms with Crippen LogP contribution in [0.4, 0.5) is 5.69 Å². The highest BCUT2D eigenvalue weighted by molar-refractivity contribution is 5.92. The van der Waals surface area contributed by atoms with Crippen molar-refractivity contribution >= 4 is 11.6 Å². The second kappa shape index (κ2) is 11.0. The Bertz CT molecular complexity index is 687. The molecule has 0 atom stereocenters. The summed E-state index contributed by atoms with van der Waals surface area (Å²) in [4.78, 5) is 12.0. The van der Waals surface area contributed by atoms with Crippen LogP contribution in [0.25, 0.3) is 0 Å². The lowest BCUT2D eigenvalue weighted by molar-refractivity contribution is -0.118. The van der Waals surface area contributed by atoms with Gasteiger partial charge in [0.2, 0.25) is 0 Å². The van der Waals surface area contributed by atoms with Gasteiger partial charge in [-0.2, -0.15) is 0 Å². The third kappa shape index (κ3) is 7.05. The van der Waals surface area contributed by atoms with Gasteiger partial charge in [-0.15, -0.1) is 0 Å². The molecule has 0 aromatic heterocycles. The molecule has 140 valence electrons. The molecule has 0 bridgehead atoms. The van der Waals surface area contributed by atoms with Gasteiger partial charge in [0.05, 0.1) is 13.7 Å². The summed E-state index contributed by atoms with van der Waals surface area (Å²) in [5.74, 6) is 1.82. The fraction of sp³-hybridized carbons (Fsp3) is 0.381. The Morgan fingerprint density at radius 3 is 2.42 bits per heavy atom. The predicted molar refractivity (Wildman–Crippen MR) is 103 cm³/mol. The summed E-state index contributed by atoms with van der Waals surface area (Å²) in [6.07, 6.45) is 4.66. The van der Waals surface area contributed by atoms with Crippen LogP contribution in [0.3, 0.4) is 0 Å². The number of unbranched alkanes of at least 4 members (excludes halogenated alkanes) is 3. The first-order valence-corrected chi connectivity index (χ1v) is 9.01. The summed E-state index contributed by atoms with van der Waals surface area (Å²) in [5, 5.41) is 2.78. The molecule has 0 aliphatic carbocycles. The van der Waals surface area contributed by atoms with Crippen LogP contribution in [0.1, 0.15) is 32.6 Å². The van der Waals surface area contributed by atoms with Gasteiger partial charge < -0.3 is 19.5 Å². The van der Waals surface area contributed by atoms with E-state index in [0.29, 0.717) is 23.8 Å². The number of anilines is 1. The fourth-order valence-corrected chi connectivity index (χ4v) is 2.42. The van der Waals surface area contributed by atoms with Crippen LogP contribution < -0.4 is 19.5 Å². The van der Waals surface area contributed by atoms with E-state index in [1.54, 1.807) is 25.3 Å². The molecule has 5 heteroatoms. The van der Waals surface area contributed by atoms with Crippen molar-refractivity contribution in [2.24, 2.45) is 0 Å².